The molecule has 22 heavy (non-hydrogen) atoms. The first-order valence-electron chi connectivity index (χ1n) is 8.12. The molecule has 7 nitrogen and oxygen atoms in total. The summed E-state index contributed by atoms with van der Waals surface area (Å²) in [6.45, 7) is 5.74. The van der Waals surface area contributed by atoms with Crippen LogP contribution in [0, 0.1) is 0 Å². The van der Waals surface area contributed by atoms with Crippen LogP contribution in [0.1, 0.15) is 50.7 Å². The Morgan fingerprint density at radius 2 is 2.05 bits per heavy atom. The van der Waals surface area contributed by atoms with Crippen LogP contribution in [-0.2, 0) is 11.2 Å². The second-order valence-corrected chi connectivity index (χ2v) is 6.32. The first-order chi connectivity index (χ1) is 10.6. The largest absolute Gasteiger partial charge is 0.372 e. The minimum absolute atomic E-state index is 0.0512. The summed E-state index contributed by atoms with van der Waals surface area (Å²) in [5, 5.41) is 6.90. The molecule has 1 saturated heterocycles. The Hall–Kier alpha value is -1.63. The lowest BCUT2D eigenvalue weighted by atomic mass is 9.85. The predicted molar refractivity (Wildman–Crippen MR) is 79.6 cm³/mol. The minimum atomic E-state index is -0.0512. The molecule has 0 bridgehead atoms. The van der Waals surface area contributed by atoms with Gasteiger partial charge in [-0.05, 0) is 26.7 Å². The third kappa shape index (κ3) is 3.58. The molecule has 2 heterocycles. The van der Waals surface area contributed by atoms with Gasteiger partial charge in [0, 0.05) is 32.0 Å². The average Bonchev–Trinajstić information content (AvgIpc) is 2.84. The third-order valence-electron chi connectivity index (χ3n) is 4.27. The molecule has 0 spiro atoms. The Morgan fingerprint density at radius 3 is 2.68 bits per heavy atom. The Morgan fingerprint density at radius 1 is 1.32 bits per heavy atom. The summed E-state index contributed by atoms with van der Waals surface area (Å²) in [5.74, 6) is 1.88. The van der Waals surface area contributed by atoms with Crippen molar-refractivity contribution in [3.63, 3.8) is 0 Å². The average molecular weight is 308 g/mol. The zero-order valence-electron chi connectivity index (χ0n) is 13.2. The lowest BCUT2D eigenvalue weighted by Crippen LogP contribution is -2.51. The van der Waals surface area contributed by atoms with Crippen molar-refractivity contribution in [2.24, 2.45) is 0 Å². The zero-order valence-corrected chi connectivity index (χ0v) is 13.2. The first-order valence-corrected chi connectivity index (χ1v) is 8.12. The van der Waals surface area contributed by atoms with Gasteiger partial charge < -0.3 is 19.5 Å². The highest BCUT2D eigenvalue weighted by Gasteiger charge is 2.26. The van der Waals surface area contributed by atoms with Gasteiger partial charge >= 0.3 is 6.03 Å². The van der Waals surface area contributed by atoms with Crippen LogP contribution < -0.4 is 5.32 Å². The van der Waals surface area contributed by atoms with Crippen molar-refractivity contribution in [2.45, 2.75) is 57.7 Å². The van der Waals surface area contributed by atoms with Crippen molar-refractivity contribution < 1.29 is 14.1 Å². The molecule has 2 aliphatic rings. The van der Waals surface area contributed by atoms with Crippen molar-refractivity contribution in [3.8, 4) is 0 Å². The van der Waals surface area contributed by atoms with Gasteiger partial charge in [-0.3, -0.25) is 0 Å². The highest BCUT2D eigenvalue weighted by atomic mass is 16.5. The number of carbonyl (C=O) groups is 1. The summed E-state index contributed by atoms with van der Waals surface area (Å²) >= 11 is 0. The van der Waals surface area contributed by atoms with E-state index in [1.54, 1.807) is 4.90 Å². The van der Waals surface area contributed by atoms with E-state index < -0.39 is 0 Å². The molecule has 1 aromatic heterocycles. The number of amides is 2. The molecular weight excluding hydrogens is 284 g/mol. The summed E-state index contributed by atoms with van der Waals surface area (Å²) in [5.41, 5.74) is 0. The highest BCUT2D eigenvalue weighted by Crippen LogP contribution is 2.35. The minimum Gasteiger partial charge on any atom is -0.372 e. The number of hydrogen-bond donors (Lipinski definition) is 1. The molecule has 7 heteroatoms. The number of carbonyl (C=O) groups excluding carboxylic acids is 1. The van der Waals surface area contributed by atoms with Crippen LogP contribution in [0.4, 0.5) is 4.79 Å². The summed E-state index contributed by atoms with van der Waals surface area (Å²) in [6, 6.07) is -0.0512. The maximum absolute atomic E-state index is 12.1. The van der Waals surface area contributed by atoms with Gasteiger partial charge in [-0.1, -0.05) is 11.6 Å². The van der Waals surface area contributed by atoms with Gasteiger partial charge in [0.15, 0.2) is 5.82 Å². The van der Waals surface area contributed by atoms with Gasteiger partial charge in [0.05, 0.1) is 12.2 Å². The van der Waals surface area contributed by atoms with E-state index in [0.717, 1.165) is 18.7 Å². The number of morpholine rings is 1. The molecule has 122 valence electrons. The molecule has 0 aromatic carbocycles. The molecule has 1 aromatic rings. The monoisotopic (exact) mass is 308 g/mol. The van der Waals surface area contributed by atoms with Crippen LogP contribution in [0.3, 0.4) is 0 Å². The van der Waals surface area contributed by atoms with Crippen LogP contribution in [0.5, 0.6) is 0 Å². The number of urea groups is 1. The first kappa shape index (κ1) is 15.3. The molecule has 2 amide bonds. The Bertz CT molecular complexity index is 505. The number of ether oxygens (including phenoxy) is 1. The second kappa shape index (κ2) is 6.64. The van der Waals surface area contributed by atoms with E-state index >= 15 is 0 Å². The van der Waals surface area contributed by atoms with E-state index in [4.69, 9.17) is 9.26 Å². The molecule has 2 fully saturated rings. The van der Waals surface area contributed by atoms with Crippen LogP contribution in [0.2, 0.25) is 0 Å². The molecule has 0 radical (unpaired) electrons. The molecule has 3 rings (SSSR count). The van der Waals surface area contributed by atoms with E-state index in [-0.39, 0.29) is 18.2 Å². The third-order valence-corrected chi connectivity index (χ3v) is 4.27. The summed E-state index contributed by atoms with van der Waals surface area (Å²) in [7, 11) is 0. The highest BCUT2D eigenvalue weighted by molar-refractivity contribution is 5.74. The van der Waals surface area contributed by atoms with E-state index in [0.29, 0.717) is 37.8 Å². The zero-order chi connectivity index (χ0) is 15.5. The van der Waals surface area contributed by atoms with Gasteiger partial charge in [-0.25, -0.2) is 4.79 Å². The van der Waals surface area contributed by atoms with Crippen molar-refractivity contribution in [3.05, 3.63) is 11.7 Å². The Balaban J connectivity index is 1.42. The smallest absolute Gasteiger partial charge is 0.317 e. The number of hydrogen-bond acceptors (Lipinski definition) is 5. The maximum Gasteiger partial charge on any atom is 0.317 e. The Labute approximate surface area is 130 Å². The molecule has 1 aliphatic carbocycles. The Kier molecular flexibility index (Phi) is 4.61. The van der Waals surface area contributed by atoms with Gasteiger partial charge in [0.2, 0.25) is 5.89 Å². The van der Waals surface area contributed by atoms with Crippen LogP contribution in [0.25, 0.3) is 0 Å². The number of nitrogens with zero attached hydrogens (tertiary/aromatic N) is 3. The number of rotatable bonds is 4. The maximum atomic E-state index is 12.1. The summed E-state index contributed by atoms with van der Waals surface area (Å²) in [6.07, 6.45) is 4.29. The van der Waals surface area contributed by atoms with E-state index in [1.165, 1.54) is 6.42 Å². The van der Waals surface area contributed by atoms with Gasteiger partial charge in [0.25, 0.3) is 0 Å². The summed E-state index contributed by atoms with van der Waals surface area (Å²) < 4.78 is 10.9. The fourth-order valence-electron chi connectivity index (χ4n) is 2.93. The molecule has 0 unspecified atom stereocenters. The van der Waals surface area contributed by atoms with E-state index in [2.05, 4.69) is 15.5 Å². The normalized spacial score (nSPS) is 25.8. The second-order valence-electron chi connectivity index (χ2n) is 6.32. The van der Waals surface area contributed by atoms with E-state index in [1.807, 2.05) is 13.8 Å². The molecular formula is C15H24N4O3. The van der Waals surface area contributed by atoms with Crippen molar-refractivity contribution in [1.29, 1.82) is 0 Å². The lowest BCUT2D eigenvalue weighted by molar-refractivity contribution is -0.0544. The topological polar surface area (TPSA) is 80.5 Å². The molecule has 1 saturated carbocycles. The van der Waals surface area contributed by atoms with E-state index in [9.17, 15) is 4.79 Å². The van der Waals surface area contributed by atoms with Crippen molar-refractivity contribution in [2.75, 3.05) is 19.6 Å². The quantitative estimate of drug-likeness (QED) is 0.915. The van der Waals surface area contributed by atoms with Crippen molar-refractivity contribution >= 4 is 6.03 Å². The standard InChI is InChI=1S/C15H24N4O3/c1-10-8-19(9-11(2)21-10)15(20)16-7-6-13-17-14(22-18-13)12-4-3-5-12/h10-12H,3-9H2,1-2H3,(H,16,20)/t10-,11+. The fourth-order valence-corrected chi connectivity index (χ4v) is 2.93. The summed E-state index contributed by atoms with van der Waals surface area (Å²) in [4.78, 5) is 18.3. The lowest BCUT2D eigenvalue weighted by Gasteiger charge is -2.35. The van der Waals surface area contributed by atoms with Crippen LogP contribution in [-0.4, -0.2) is 52.9 Å². The fraction of sp³-hybridized carbons (Fsp3) is 0.800. The number of nitrogens with one attached hydrogen (secondary N) is 1. The SMILES string of the molecule is C[C@@H]1CN(C(=O)NCCc2noc(C3CCC3)n2)C[C@H](C)O1. The van der Waals surface area contributed by atoms with Gasteiger partial charge in [-0.15, -0.1) is 0 Å². The van der Waals surface area contributed by atoms with Gasteiger partial charge in [0.1, 0.15) is 0 Å². The van der Waals surface area contributed by atoms with Crippen molar-refractivity contribution in [1.82, 2.24) is 20.4 Å². The van der Waals surface area contributed by atoms with Crippen LogP contribution >= 0.6 is 0 Å². The molecule has 1 N–H and O–H groups in total. The van der Waals surface area contributed by atoms with Gasteiger partial charge in [-0.2, -0.15) is 4.98 Å². The molecule has 2 atom stereocenters. The predicted octanol–water partition coefficient (Wildman–Crippen LogP) is 1.70. The molecule has 1 aliphatic heterocycles. The number of aromatic nitrogens is 2. The van der Waals surface area contributed by atoms with Crippen LogP contribution in [0.15, 0.2) is 4.52 Å².